The zero-order valence-electron chi connectivity index (χ0n) is 12.3. The van der Waals surface area contributed by atoms with Crippen LogP contribution >= 0.6 is 0 Å². The summed E-state index contributed by atoms with van der Waals surface area (Å²) < 4.78 is 63.4. The van der Waals surface area contributed by atoms with Gasteiger partial charge in [-0.25, -0.2) is 26.7 Å². The highest BCUT2D eigenvalue weighted by Crippen LogP contribution is 2.47. The Morgan fingerprint density at radius 3 is 2.17 bits per heavy atom. The van der Waals surface area contributed by atoms with Crippen molar-refractivity contribution < 1.29 is 21.6 Å². The quantitative estimate of drug-likeness (QED) is 0.920. The van der Waals surface area contributed by atoms with E-state index in [-0.39, 0.29) is 10.6 Å². The molecular weight excluding hydrogens is 341 g/mol. The summed E-state index contributed by atoms with van der Waals surface area (Å²) in [5.74, 6) is -3.48. The zero-order valence-corrected chi connectivity index (χ0v) is 13.2. The van der Waals surface area contributed by atoms with E-state index in [4.69, 9.17) is 5.14 Å². The number of hydrogen-bond acceptors (Lipinski definition) is 3. The number of alkyl halides is 2. The Morgan fingerprint density at radius 2 is 1.62 bits per heavy atom. The number of halogens is 3. The van der Waals surface area contributed by atoms with Crippen LogP contribution in [0, 0.1) is 5.82 Å². The van der Waals surface area contributed by atoms with Crippen LogP contribution in [-0.2, 0) is 10.0 Å². The van der Waals surface area contributed by atoms with Crippen LogP contribution in [0.1, 0.15) is 24.1 Å². The number of sulfonamides is 1. The summed E-state index contributed by atoms with van der Waals surface area (Å²) in [6, 6.07) is 7.91. The van der Waals surface area contributed by atoms with Gasteiger partial charge in [-0.15, -0.1) is 0 Å². The highest BCUT2D eigenvalue weighted by Gasteiger charge is 2.40. The average Bonchev–Trinajstić information content (AvgIpc) is 2.83. The number of nitrogens with two attached hydrogens (primary N) is 1. The number of benzene rings is 1. The van der Waals surface area contributed by atoms with Crippen LogP contribution in [0.3, 0.4) is 0 Å². The van der Waals surface area contributed by atoms with Crippen LogP contribution in [-0.4, -0.2) is 19.3 Å². The Hall–Kier alpha value is -2.19. The van der Waals surface area contributed by atoms with Crippen molar-refractivity contribution in [2.75, 3.05) is 0 Å². The van der Waals surface area contributed by atoms with E-state index in [0.29, 0.717) is 16.7 Å². The van der Waals surface area contributed by atoms with Crippen molar-refractivity contribution in [2.45, 2.75) is 23.7 Å². The largest absolute Gasteiger partial charge is 0.256 e. The first-order valence-corrected chi connectivity index (χ1v) is 8.55. The Kier molecular flexibility index (Phi) is 3.97. The third-order valence-corrected chi connectivity index (χ3v) is 4.73. The summed E-state index contributed by atoms with van der Waals surface area (Å²) in [7, 11) is -3.85. The van der Waals surface area contributed by atoms with Crippen molar-refractivity contribution >= 4 is 21.2 Å². The molecule has 0 amide bonds. The van der Waals surface area contributed by atoms with Gasteiger partial charge in [0, 0.05) is 12.8 Å². The Labute approximate surface area is 136 Å². The summed E-state index contributed by atoms with van der Waals surface area (Å²) in [5, 5.41) is 5.03. The van der Waals surface area contributed by atoms with Gasteiger partial charge in [-0.3, -0.25) is 4.98 Å². The molecule has 0 saturated carbocycles. The Morgan fingerprint density at radius 1 is 1.00 bits per heavy atom. The van der Waals surface area contributed by atoms with E-state index >= 15 is 0 Å². The lowest BCUT2D eigenvalue weighted by atomic mass is 10.00. The van der Waals surface area contributed by atoms with Gasteiger partial charge >= 0.3 is 0 Å². The van der Waals surface area contributed by atoms with Crippen molar-refractivity contribution in [3.8, 4) is 0 Å². The van der Waals surface area contributed by atoms with E-state index in [1.165, 1.54) is 30.3 Å². The number of allylic oxidation sites excluding steroid dienone is 2. The second-order valence-corrected chi connectivity index (χ2v) is 7.16. The number of rotatable bonds is 3. The van der Waals surface area contributed by atoms with Gasteiger partial charge in [0.1, 0.15) is 5.82 Å². The fourth-order valence-electron chi connectivity index (χ4n) is 2.71. The number of primary sulfonamides is 1. The van der Waals surface area contributed by atoms with Crippen LogP contribution in [0.4, 0.5) is 13.2 Å². The lowest BCUT2D eigenvalue weighted by Gasteiger charge is -2.08. The molecule has 126 valence electrons. The van der Waals surface area contributed by atoms with Crippen LogP contribution < -0.4 is 5.14 Å². The van der Waals surface area contributed by atoms with Gasteiger partial charge in [0.05, 0.1) is 16.8 Å². The van der Waals surface area contributed by atoms with Gasteiger partial charge in [-0.05, 0) is 41.0 Å². The van der Waals surface area contributed by atoms with Crippen molar-refractivity contribution in [3.05, 3.63) is 59.7 Å². The number of nitrogens with zero attached hydrogens (tertiary/aromatic N) is 1. The van der Waals surface area contributed by atoms with Gasteiger partial charge in [-0.2, -0.15) is 0 Å². The lowest BCUT2D eigenvalue weighted by Crippen LogP contribution is -2.12. The van der Waals surface area contributed by atoms with Crippen molar-refractivity contribution in [2.24, 2.45) is 5.14 Å². The van der Waals surface area contributed by atoms with Crippen LogP contribution in [0.15, 0.2) is 47.5 Å². The van der Waals surface area contributed by atoms with Gasteiger partial charge in [0.15, 0.2) is 0 Å². The van der Waals surface area contributed by atoms with Crippen LogP contribution in [0.25, 0.3) is 11.1 Å². The summed E-state index contributed by atoms with van der Waals surface area (Å²) in [6.07, 6.45) is -0.0193. The molecule has 1 aliphatic rings. The molecule has 2 N–H and O–H groups in total. The monoisotopic (exact) mass is 354 g/mol. The molecule has 0 radical (unpaired) electrons. The van der Waals surface area contributed by atoms with E-state index in [1.54, 1.807) is 0 Å². The predicted molar refractivity (Wildman–Crippen MR) is 83.0 cm³/mol. The number of aromatic nitrogens is 1. The molecule has 0 spiro atoms. The Balaban J connectivity index is 2.07. The minimum atomic E-state index is -3.85. The average molecular weight is 354 g/mol. The highest BCUT2D eigenvalue weighted by molar-refractivity contribution is 7.89. The van der Waals surface area contributed by atoms with Gasteiger partial charge in [-0.1, -0.05) is 12.1 Å². The molecule has 3 rings (SSSR count). The maximum atomic E-state index is 13.9. The fraction of sp³-hybridized carbons (Fsp3) is 0.188. The van der Waals surface area contributed by atoms with Gasteiger partial charge in [0.2, 0.25) is 10.0 Å². The first-order valence-electron chi connectivity index (χ1n) is 7.01. The Bertz CT molecular complexity index is 905. The maximum Gasteiger partial charge on any atom is 0.256 e. The third kappa shape index (κ3) is 3.34. The fourth-order valence-corrected chi connectivity index (χ4v) is 3.23. The van der Waals surface area contributed by atoms with Crippen LogP contribution in [0.5, 0.6) is 0 Å². The zero-order chi connectivity index (χ0) is 17.5. The molecule has 24 heavy (non-hydrogen) atoms. The highest BCUT2D eigenvalue weighted by atomic mass is 32.2. The number of hydrogen-bond donors (Lipinski definition) is 1. The van der Waals surface area contributed by atoms with E-state index in [0.717, 1.165) is 12.3 Å². The summed E-state index contributed by atoms with van der Waals surface area (Å²) in [5.41, 5.74) is 1.42. The lowest BCUT2D eigenvalue weighted by molar-refractivity contribution is 0.0187. The second-order valence-electron chi connectivity index (χ2n) is 5.60. The molecule has 0 fully saturated rings. The molecule has 1 aromatic heterocycles. The van der Waals surface area contributed by atoms with E-state index in [2.05, 4.69) is 4.98 Å². The minimum absolute atomic E-state index is 0.0990. The first-order chi connectivity index (χ1) is 11.2. The molecule has 1 aliphatic carbocycles. The first kappa shape index (κ1) is 16.7. The molecule has 1 heterocycles. The predicted octanol–water partition coefficient (Wildman–Crippen LogP) is 3.21. The topological polar surface area (TPSA) is 73.1 Å². The van der Waals surface area contributed by atoms with E-state index in [1.807, 2.05) is 0 Å². The molecule has 1 aromatic carbocycles. The standard InChI is InChI=1S/C16H13F3N2O2S/c17-11-3-6-15(21-9-11)14-8-16(18,19)7-13(14)10-1-4-12(5-2-10)24(20,22)23/h1-6,9H,7-8H2,(H2,20,22,23). The molecule has 0 atom stereocenters. The summed E-state index contributed by atoms with van der Waals surface area (Å²) in [6.45, 7) is 0. The number of pyridine rings is 1. The normalized spacial score (nSPS) is 17.3. The summed E-state index contributed by atoms with van der Waals surface area (Å²) >= 11 is 0. The molecule has 0 saturated heterocycles. The van der Waals surface area contributed by atoms with Crippen LogP contribution in [0.2, 0.25) is 0 Å². The van der Waals surface area contributed by atoms with E-state index < -0.39 is 34.6 Å². The molecule has 0 aliphatic heterocycles. The molecule has 4 nitrogen and oxygen atoms in total. The SMILES string of the molecule is NS(=O)(=O)c1ccc(C2=C(c3ccc(F)cn3)CC(F)(F)C2)cc1. The smallest absolute Gasteiger partial charge is 0.254 e. The molecule has 0 unspecified atom stereocenters. The van der Waals surface area contributed by atoms with Crippen molar-refractivity contribution in [3.63, 3.8) is 0 Å². The van der Waals surface area contributed by atoms with Crippen molar-refractivity contribution in [1.29, 1.82) is 0 Å². The molecular formula is C16H13F3N2O2S. The molecule has 8 heteroatoms. The molecule has 0 bridgehead atoms. The minimum Gasteiger partial charge on any atom is -0.254 e. The van der Waals surface area contributed by atoms with E-state index in [9.17, 15) is 21.6 Å². The van der Waals surface area contributed by atoms with Crippen molar-refractivity contribution in [1.82, 2.24) is 4.98 Å². The van der Waals surface area contributed by atoms with Gasteiger partial charge < -0.3 is 0 Å². The molecule has 2 aromatic rings. The summed E-state index contributed by atoms with van der Waals surface area (Å²) in [4.78, 5) is 3.78. The maximum absolute atomic E-state index is 13.9. The third-order valence-electron chi connectivity index (χ3n) is 3.80. The van der Waals surface area contributed by atoms with Gasteiger partial charge in [0.25, 0.3) is 5.92 Å². The second kappa shape index (κ2) is 5.71.